The maximum atomic E-state index is 12.6. The van der Waals surface area contributed by atoms with Crippen molar-refractivity contribution in [2.75, 3.05) is 6.54 Å². The lowest BCUT2D eigenvalue weighted by atomic mass is 9.96. The minimum absolute atomic E-state index is 0.235. The van der Waals surface area contributed by atoms with Gasteiger partial charge in [-0.05, 0) is 26.0 Å². The molecule has 2 rings (SSSR count). The van der Waals surface area contributed by atoms with E-state index in [1.807, 2.05) is 27.7 Å². The van der Waals surface area contributed by atoms with Gasteiger partial charge >= 0.3 is 0 Å². The molecule has 0 aliphatic heterocycles. The van der Waals surface area contributed by atoms with Gasteiger partial charge in [0.2, 0.25) is 5.91 Å². The average molecular weight is 344 g/mol. The maximum absolute atomic E-state index is 12.6. The van der Waals surface area contributed by atoms with Crippen LogP contribution in [-0.2, 0) is 10.2 Å². The van der Waals surface area contributed by atoms with Gasteiger partial charge in [0.05, 0.1) is 11.1 Å². The van der Waals surface area contributed by atoms with Crippen LogP contribution in [0.15, 0.2) is 28.8 Å². The summed E-state index contributed by atoms with van der Waals surface area (Å²) in [6.45, 7) is 9.91. The van der Waals surface area contributed by atoms with E-state index in [1.54, 1.807) is 31.2 Å². The Morgan fingerprint density at radius 1 is 1.24 bits per heavy atom. The minimum Gasteiger partial charge on any atom is -0.355 e. The third-order valence-corrected chi connectivity index (χ3v) is 3.59. The molecule has 0 fully saturated rings. The maximum Gasteiger partial charge on any atom is 0.258 e. The standard InChI is InChI=1S/C18H24N4O3/c1-6-19-14(23)11(2)20-15(24)12-9-7-8-10-13(12)16-21-17(22-25-16)18(3,4)5/h7-11H,6H2,1-5H3,(H,19,23)(H,20,24)/t11-/m1/s1. The molecule has 0 radical (unpaired) electrons. The Morgan fingerprint density at radius 3 is 2.52 bits per heavy atom. The number of hydrogen-bond acceptors (Lipinski definition) is 5. The van der Waals surface area contributed by atoms with Gasteiger partial charge in [0, 0.05) is 12.0 Å². The number of benzene rings is 1. The van der Waals surface area contributed by atoms with Crippen molar-refractivity contribution in [2.45, 2.75) is 46.1 Å². The van der Waals surface area contributed by atoms with Crippen LogP contribution < -0.4 is 10.6 Å². The quantitative estimate of drug-likeness (QED) is 0.867. The number of rotatable bonds is 5. The fourth-order valence-electron chi connectivity index (χ4n) is 2.17. The van der Waals surface area contributed by atoms with Gasteiger partial charge in [0.25, 0.3) is 11.8 Å². The summed E-state index contributed by atoms with van der Waals surface area (Å²) in [4.78, 5) is 28.8. The summed E-state index contributed by atoms with van der Waals surface area (Å²) in [6, 6.07) is 6.30. The Balaban J connectivity index is 2.27. The largest absolute Gasteiger partial charge is 0.355 e. The molecule has 0 aliphatic rings. The third kappa shape index (κ3) is 4.43. The van der Waals surface area contributed by atoms with E-state index < -0.39 is 6.04 Å². The van der Waals surface area contributed by atoms with Crippen LogP contribution in [0.25, 0.3) is 11.5 Å². The second kappa shape index (κ2) is 7.46. The van der Waals surface area contributed by atoms with Crippen LogP contribution in [0.2, 0.25) is 0 Å². The molecule has 2 amide bonds. The van der Waals surface area contributed by atoms with E-state index >= 15 is 0 Å². The van der Waals surface area contributed by atoms with Crippen LogP contribution in [0, 0.1) is 0 Å². The van der Waals surface area contributed by atoms with E-state index in [2.05, 4.69) is 20.8 Å². The van der Waals surface area contributed by atoms with Gasteiger partial charge in [0.15, 0.2) is 5.82 Å². The molecular weight excluding hydrogens is 320 g/mol. The van der Waals surface area contributed by atoms with Crippen LogP contribution in [0.3, 0.4) is 0 Å². The molecule has 0 bridgehead atoms. The zero-order chi connectivity index (χ0) is 18.6. The molecule has 134 valence electrons. The van der Waals surface area contributed by atoms with Crippen molar-refractivity contribution < 1.29 is 14.1 Å². The number of amides is 2. The van der Waals surface area contributed by atoms with Gasteiger partial charge in [-0.2, -0.15) is 4.98 Å². The Labute approximate surface area is 147 Å². The number of hydrogen-bond donors (Lipinski definition) is 2. The monoisotopic (exact) mass is 344 g/mol. The minimum atomic E-state index is -0.645. The summed E-state index contributed by atoms with van der Waals surface area (Å²) >= 11 is 0. The van der Waals surface area contributed by atoms with Crippen molar-refractivity contribution in [2.24, 2.45) is 0 Å². The van der Waals surface area contributed by atoms with E-state index in [1.165, 1.54) is 0 Å². The number of carbonyl (C=O) groups excluding carboxylic acids is 2. The summed E-state index contributed by atoms with van der Waals surface area (Å²) in [5.41, 5.74) is 0.653. The van der Waals surface area contributed by atoms with Gasteiger partial charge in [-0.25, -0.2) is 0 Å². The number of carbonyl (C=O) groups is 2. The second-order valence-corrected chi connectivity index (χ2v) is 6.81. The Hall–Kier alpha value is -2.70. The lowest BCUT2D eigenvalue weighted by molar-refractivity contribution is -0.122. The van der Waals surface area contributed by atoms with Gasteiger partial charge < -0.3 is 15.2 Å². The molecule has 25 heavy (non-hydrogen) atoms. The smallest absolute Gasteiger partial charge is 0.258 e. The number of nitrogens with one attached hydrogen (secondary N) is 2. The normalized spacial score (nSPS) is 12.5. The summed E-state index contributed by atoms with van der Waals surface area (Å²) in [7, 11) is 0. The first-order chi connectivity index (χ1) is 11.7. The molecular formula is C18H24N4O3. The van der Waals surface area contributed by atoms with Crippen LogP contribution in [0.4, 0.5) is 0 Å². The molecule has 1 aromatic carbocycles. The van der Waals surface area contributed by atoms with Gasteiger partial charge in [-0.3, -0.25) is 9.59 Å². The van der Waals surface area contributed by atoms with Crippen molar-refractivity contribution >= 4 is 11.8 Å². The molecule has 2 aromatic rings. The average Bonchev–Trinajstić information content (AvgIpc) is 3.05. The zero-order valence-corrected chi connectivity index (χ0v) is 15.2. The molecule has 1 atom stereocenters. The van der Waals surface area contributed by atoms with Crippen molar-refractivity contribution in [1.29, 1.82) is 0 Å². The molecule has 0 unspecified atom stereocenters. The Kier molecular flexibility index (Phi) is 5.56. The Bertz CT molecular complexity index is 762. The van der Waals surface area contributed by atoms with Crippen LogP contribution in [-0.4, -0.2) is 34.5 Å². The summed E-state index contributed by atoms with van der Waals surface area (Å²) < 4.78 is 5.34. The highest BCUT2D eigenvalue weighted by molar-refractivity contribution is 6.02. The molecule has 1 aromatic heterocycles. The second-order valence-electron chi connectivity index (χ2n) is 6.81. The van der Waals surface area contributed by atoms with Crippen molar-refractivity contribution in [3.63, 3.8) is 0 Å². The first-order valence-electron chi connectivity index (χ1n) is 8.26. The predicted molar refractivity (Wildman–Crippen MR) is 94.0 cm³/mol. The molecule has 7 nitrogen and oxygen atoms in total. The van der Waals surface area contributed by atoms with E-state index in [-0.39, 0.29) is 23.1 Å². The lowest BCUT2D eigenvalue weighted by Crippen LogP contribution is -2.44. The van der Waals surface area contributed by atoms with Gasteiger partial charge in [0.1, 0.15) is 6.04 Å². The fourth-order valence-corrected chi connectivity index (χ4v) is 2.17. The topological polar surface area (TPSA) is 97.1 Å². The zero-order valence-electron chi connectivity index (χ0n) is 15.2. The summed E-state index contributed by atoms with van der Waals surface area (Å²) in [5, 5.41) is 9.36. The fraction of sp³-hybridized carbons (Fsp3) is 0.444. The Morgan fingerprint density at radius 2 is 1.92 bits per heavy atom. The van der Waals surface area contributed by atoms with Gasteiger partial charge in [-0.15, -0.1) is 0 Å². The first kappa shape index (κ1) is 18.6. The predicted octanol–water partition coefficient (Wildman–Crippen LogP) is 2.29. The molecule has 1 heterocycles. The molecule has 2 N–H and O–H groups in total. The van der Waals surface area contributed by atoms with Crippen LogP contribution in [0.5, 0.6) is 0 Å². The van der Waals surface area contributed by atoms with Crippen molar-refractivity contribution in [1.82, 2.24) is 20.8 Å². The van der Waals surface area contributed by atoms with Crippen molar-refractivity contribution in [3.05, 3.63) is 35.7 Å². The SMILES string of the molecule is CCNC(=O)[C@@H](C)NC(=O)c1ccccc1-c1nc(C(C)(C)C)no1. The molecule has 0 spiro atoms. The van der Waals surface area contributed by atoms with Gasteiger partial charge in [-0.1, -0.05) is 38.1 Å². The van der Waals surface area contributed by atoms with Crippen LogP contribution >= 0.6 is 0 Å². The molecule has 0 aliphatic carbocycles. The number of likely N-dealkylation sites (N-methyl/N-ethyl adjacent to an activating group) is 1. The van der Waals surface area contributed by atoms with E-state index in [0.717, 1.165) is 0 Å². The van der Waals surface area contributed by atoms with E-state index in [4.69, 9.17) is 4.52 Å². The lowest BCUT2D eigenvalue weighted by Gasteiger charge is -2.14. The summed E-state index contributed by atoms with van der Waals surface area (Å²) in [5.74, 6) is 0.237. The highest BCUT2D eigenvalue weighted by Crippen LogP contribution is 2.26. The van der Waals surface area contributed by atoms with E-state index in [0.29, 0.717) is 23.5 Å². The molecule has 0 saturated carbocycles. The highest BCUT2D eigenvalue weighted by Gasteiger charge is 2.24. The highest BCUT2D eigenvalue weighted by atomic mass is 16.5. The summed E-state index contributed by atoms with van der Waals surface area (Å²) in [6.07, 6.45) is 0. The van der Waals surface area contributed by atoms with E-state index in [9.17, 15) is 9.59 Å². The third-order valence-electron chi connectivity index (χ3n) is 3.59. The molecule has 7 heteroatoms. The van der Waals surface area contributed by atoms with Crippen molar-refractivity contribution in [3.8, 4) is 11.5 Å². The first-order valence-corrected chi connectivity index (χ1v) is 8.26. The number of nitrogens with zero attached hydrogens (tertiary/aromatic N) is 2. The van der Waals surface area contributed by atoms with Crippen LogP contribution in [0.1, 0.15) is 50.8 Å². The molecule has 0 saturated heterocycles. The number of aromatic nitrogens is 2.